The van der Waals surface area contributed by atoms with E-state index in [1.807, 2.05) is 6.07 Å². The quantitative estimate of drug-likeness (QED) is 0.761. The number of carbonyl (C=O) groups excluding carboxylic acids is 1. The molecule has 3 rings (SSSR count). The average Bonchev–Trinajstić information content (AvgIpc) is 2.46. The fraction of sp³-hybridized carbons (Fsp3) is 0.588. The van der Waals surface area contributed by atoms with Crippen LogP contribution in [0.2, 0.25) is 0 Å². The lowest BCUT2D eigenvalue weighted by atomic mass is 9.84. The number of fused-ring (bicyclic) bond motifs is 1. The molecule has 0 spiro atoms. The summed E-state index contributed by atoms with van der Waals surface area (Å²) in [6.07, 6.45) is 3.91. The monoisotopic (exact) mass is 350 g/mol. The molecule has 1 aromatic carbocycles. The van der Waals surface area contributed by atoms with Crippen molar-refractivity contribution in [3.63, 3.8) is 0 Å². The zero-order chi connectivity index (χ0) is 15.0. The first-order valence-corrected chi connectivity index (χ1v) is 8.61. The highest BCUT2D eigenvalue weighted by atomic mass is 79.9. The highest BCUT2D eigenvalue weighted by molar-refractivity contribution is 9.10. The Morgan fingerprint density at radius 1 is 1.29 bits per heavy atom. The first kappa shape index (κ1) is 15.0. The van der Waals surface area contributed by atoms with Crippen LogP contribution in [0.5, 0.6) is 0 Å². The van der Waals surface area contributed by atoms with Gasteiger partial charge in [-0.2, -0.15) is 0 Å². The van der Waals surface area contributed by atoms with E-state index in [0.29, 0.717) is 0 Å². The van der Waals surface area contributed by atoms with Crippen molar-refractivity contribution in [1.82, 2.24) is 4.90 Å². The van der Waals surface area contributed by atoms with Crippen LogP contribution in [-0.4, -0.2) is 43.4 Å². The molecule has 21 heavy (non-hydrogen) atoms. The molecule has 2 heterocycles. The SMILES string of the molecule is CC(=O)c1ccc(N2CCC3C(CCCN3C)C2)cc1Br. The molecule has 0 radical (unpaired) electrons. The Kier molecular flexibility index (Phi) is 4.36. The number of nitrogens with zero attached hydrogens (tertiary/aromatic N) is 2. The van der Waals surface area contributed by atoms with Gasteiger partial charge in [-0.15, -0.1) is 0 Å². The van der Waals surface area contributed by atoms with Crippen LogP contribution in [-0.2, 0) is 0 Å². The van der Waals surface area contributed by atoms with E-state index >= 15 is 0 Å². The van der Waals surface area contributed by atoms with Gasteiger partial charge in [0, 0.05) is 34.9 Å². The molecule has 4 heteroatoms. The summed E-state index contributed by atoms with van der Waals surface area (Å²) < 4.78 is 0.912. The number of likely N-dealkylation sites (tertiary alicyclic amines) is 1. The lowest BCUT2D eigenvalue weighted by molar-refractivity contribution is 0.101. The number of rotatable bonds is 2. The number of ketones is 1. The third-order valence-corrected chi connectivity index (χ3v) is 5.70. The summed E-state index contributed by atoms with van der Waals surface area (Å²) in [5, 5.41) is 0. The standard InChI is InChI=1S/C17H23BrN2O/c1-12(21)15-6-5-14(10-16(15)18)20-9-7-17-13(11-20)4-3-8-19(17)2/h5-6,10,13,17H,3-4,7-9,11H2,1-2H3. The first-order chi connectivity index (χ1) is 10.1. The summed E-state index contributed by atoms with van der Waals surface area (Å²) in [6.45, 7) is 5.11. The molecule has 1 aromatic rings. The van der Waals surface area contributed by atoms with E-state index in [2.05, 4.69) is 44.9 Å². The number of halogens is 1. The van der Waals surface area contributed by atoms with Gasteiger partial charge in [-0.1, -0.05) is 0 Å². The molecule has 0 bridgehead atoms. The molecule has 2 aliphatic heterocycles. The first-order valence-electron chi connectivity index (χ1n) is 7.82. The molecule has 0 N–H and O–H groups in total. The predicted molar refractivity (Wildman–Crippen MR) is 90.1 cm³/mol. The van der Waals surface area contributed by atoms with Crippen molar-refractivity contribution in [3.05, 3.63) is 28.2 Å². The van der Waals surface area contributed by atoms with Crippen molar-refractivity contribution in [2.24, 2.45) is 5.92 Å². The van der Waals surface area contributed by atoms with Gasteiger partial charge < -0.3 is 9.80 Å². The highest BCUT2D eigenvalue weighted by Gasteiger charge is 2.34. The van der Waals surface area contributed by atoms with E-state index < -0.39 is 0 Å². The Hall–Kier alpha value is -0.870. The predicted octanol–water partition coefficient (Wildman–Crippen LogP) is 3.57. The molecule has 2 saturated heterocycles. The van der Waals surface area contributed by atoms with Crippen molar-refractivity contribution >= 4 is 27.4 Å². The zero-order valence-electron chi connectivity index (χ0n) is 12.8. The highest BCUT2D eigenvalue weighted by Crippen LogP contribution is 2.33. The van der Waals surface area contributed by atoms with Gasteiger partial charge in [-0.3, -0.25) is 4.79 Å². The normalized spacial score (nSPS) is 26.5. The van der Waals surface area contributed by atoms with Crippen LogP contribution in [0.1, 0.15) is 36.5 Å². The third-order valence-electron chi connectivity index (χ3n) is 5.04. The minimum atomic E-state index is 0.112. The summed E-state index contributed by atoms with van der Waals surface area (Å²) >= 11 is 3.54. The molecule has 0 aromatic heterocycles. The van der Waals surface area contributed by atoms with Crippen molar-refractivity contribution in [2.45, 2.75) is 32.2 Å². The number of anilines is 1. The summed E-state index contributed by atoms with van der Waals surface area (Å²) in [5.41, 5.74) is 2.00. The second-order valence-electron chi connectivity index (χ2n) is 6.41. The van der Waals surface area contributed by atoms with Gasteiger partial charge in [-0.05, 0) is 79.8 Å². The van der Waals surface area contributed by atoms with E-state index in [1.54, 1.807) is 6.92 Å². The van der Waals surface area contributed by atoms with Crippen LogP contribution < -0.4 is 4.90 Å². The second-order valence-corrected chi connectivity index (χ2v) is 7.26. The van der Waals surface area contributed by atoms with Crippen LogP contribution >= 0.6 is 15.9 Å². The molecule has 2 atom stereocenters. The molecule has 2 fully saturated rings. The van der Waals surface area contributed by atoms with E-state index in [0.717, 1.165) is 35.1 Å². The molecular weight excluding hydrogens is 328 g/mol. The van der Waals surface area contributed by atoms with Crippen molar-refractivity contribution in [2.75, 3.05) is 31.6 Å². The Morgan fingerprint density at radius 3 is 2.81 bits per heavy atom. The third kappa shape index (κ3) is 3.02. The van der Waals surface area contributed by atoms with Gasteiger partial charge in [-0.25, -0.2) is 0 Å². The number of benzene rings is 1. The molecular formula is C17H23BrN2O. The van der Waals surface area contributed by atoms with Gasteiger partial charge in [0.25, 0.3) is 0 Å². The topological polar surface area (TPSA) is 23.6 Å². The maximum absolute atomic E-state index is 11.5. The maximum Gasteiger partial charge on any atom is 0.160 e. The summed E-state index contributed by atoms with van der Waals surface area (Å²) in [4.78, 5) is 16.6. The lowest BCUT2D eigenvalue weighted by Gasteiger charge is -2.46. The molecule has 2 unspecified atom stereocenters. The second kappa shape index (κ2) is 6.09. The fourth-order valence-electron chi connectivity index (χ4n) is 3.87. The maximum atomic E-state index is 11.5. The van der Waals surface area contributed by atoms with E-state index in [9.17, 15) is 4.79 Å². The van der Waals surface area contributed by atoms with E-state index in [1.165, 1.54) is 31.5 Å². The number of hydrogen-bond acceptors (Lipinski definition) is 3. The number of carbonyl (C=O) groups is 1. The van der Waals surface area contributed by atoms with Gasteiger partial charge in [0.1, 0.15) is 0 Å². The van der Waals surface area contributed by atoms with Gasteiger partial charge in [0.2, 0.25) is 0 Å². The summed E-state index contributed by atoms with van der Waals surface area (Å²) in [5.74, 6) is 0.893. The van der Waals surface area contributed by atoms with Crippen molar-refractivity contribution in [3.8, 4) is 0 Å². The molecule has 114 valence electrons. The number of Topliss-reactive ketones (excluding diaryl/α,β-unsaturated/α-hetero) is 1. The molecule has 3 nitrogen and oxygen atoms in total. The van der Waals surface area contributed by atoms with E-state index in [-0.39, 0.29) is 5.78 Å². The fourth-order valence-corrected chi connectivity index (χ4v) is 4.52. The van der Waals surface area contributed by atoms with Crippen molar-refractivity contribution < 1.29 is 4.79 Å². The largest absolute Gasteiger partial charge is 0.371 e. The Balaban J connectivity index is 1.76. The van der Waals surface area contributed by atoms with Crippen LogP contribution in [0.15, 0.2) is 22.7 Å². The van der Waals surface area contributed by atoms with Crippen LogP contribution in [0.4, 0.5) is 5.69 Å². The Bertz CT molecular complexity index is 546. The number of hydrogen-bond donors (Lipinski definition) is 0. The molecule has 0 aliphatic carbocycles. The average molecular weight is 351 g/mol. The molecule has 0 amide bonds. The van der Waals surface area contributed by atoms with Gasteiger partial charge in [0.15, 0.2) is 5.78 Å². The Morgan fingerprint density at radius 2 is 2.10 bits per heavy atom. The van der Waals surface area contributed by atoms with Gasteiger partial charge in [0.05, 0.1) is 0 Å². The van der Waals surface area contributed by atoms with Crippen LogP contribution in [0.3, 0.4) is 0 Å². The van der Waals surface area contributed by atoms with Crippen LogP contribution in [0, 0.1) is 5.92 Å². The van der Waals surface area contributed by atoms with E-state index in [4.69, 9.17) is 0 Å². The van der Waals surface area contributed by atoms with Crippen LogP contribution in [0.25, 0.3) is 0 Å². The molecule has 0 saturated carbocycles. The number of piperidine rings is 2. The van der Waals surface area contributed by atoms with Gasteiger partial charge >= 0.3 is 0 Å². The lowest BCUT2D eigenvalue weighted by Crippen LogP contribution is -2.52. The van der Waals surface area contributed by atoms with Crippen molar-refractivity contribution in [1.29, 1.82) is 0 Å². The summed E-state index contributed by atoms with van der Waals surface area (Å²) in [6, 6.07) is 6.90. The zero-order valence-corrected chi connectivity index (χ0v) is 14.4. The smallest absolute Gasteiger partial charge is 0.160 e. The minimum absolute atomic E-state index is 0.112. The minimum Gasteiger partial charge on any atom is -0.371 e. The molecule has 2 aliphatic rings. The summed E-state index contributed by atoms with van der Waals surface area (Å²) in [7, 11) is 2.27. The Labute approximate surface area is 135 Å².